The summed E-state index contributed by atoms with van der Waals surface area (Å²) in [4.78, 5) is 29.5. The third-order valence-corrected chi connectivity index (χ3v) is 4.58. The van der Waals surface area contributed by atoms with Crippen molar-refractivity contribution in [3.05, 3.63) is 38.8 Å². The fourth-order valence-electron chi connectivity index (χ4n) is 1.95. The molecule has 6 nitrogen and oxygen atoms in total. The molecule has 2 rings (SSSR count). The first-order chi connectivity index (χ1) is 11.3. The van der Waals surface area contributed by atoms with E-state index in [0.717, 1.165) is 0 Å². The number of hydrogen-bond donors (Lipinski definition) is 1. The summed E-state index contributed by atoms with van der Waals surface area (Å²) in [7, 11) is 0. The van der Waals surface area contributed by atoms with Crippen LogP contribution in [0.4, 0.5) is 10.8 Å². The Balaban J connectivity index is 2.08. The molecule has 0 unspecified atom stereocenters. The average Bonchev–Trinajstić information content (AvgIpc) is 2.97. The smallest absolute Gasteiger partial charge is 0.340 e. The van der Waals surface area contributed by atoms with Crippen LogP contribution in [-0.2, 0) is 16.1 Å². The first-order valence-electron chi connectivity index (χ1n) is 6.97. The molecule has 1 amide bonds. The number of benzene rings is 1. The van der Waals surface area contributed by atoms with Crippen LogP contribution in [0.5, 0.6) is 0 Å². The Kier molecular flexibility index (Phi) is 6.04. The highest BCUT2D eigenvalue weighted by molar-refractivity contribution is 7.14. The summed E-state index contributed by atoms with van der Waals surface area (Å²) in [6, 6.07) is 2.84. The third-order valence-electron chi connectivity index (χ3n) is 3.13. The molecular weight excluding hydrogens is 373 g/mol. The van der Waals surface area contributed by atoms with E-state index in [2.05, 4.69) is 4.98 Å². The molecule has 0 saturated heterocycles. The van der Waals surface area contributed by atoms with Crippen molar-refractivity contribution in [3.8, 4) is 0 Å². The van der Waals surface area contributed by atoms with E-state index in [4.69, 9.17) is 33.7 Å². The lowest BCUT2D eigenvalue weighted by molar-refractivity contribution is -0.116. The van der Waals surface area contributed by atoms with Gasteiger partial charge >= 0.3 is 5.97 Å². The van der Waals surface area contributed by atoms with Gasteiger partial charge in [-0.2, -0.15) is 0 Å². The van der Waals surface area contributed by atoms with Crippen LogP contribution in [0.3, 0.4) is 0 Å². The maximum atomic E-state index is 12.1. The molecule has 0 saturated carbocycles. The van der Waals surface area contributed by atoms with Crippen LogP contribution in [0, 0.1) is 0 Å². The molecule has 9 heteroatoms. The van der Waals surface area contributed by atoms with Gasteiger partial charge in [-0.25, -0.2) is 9.78 Å². The summed E-state index contributed by atoms with van der Waals surface area (Å²) in [5, 5.41) is 2.76. The van der Waals surface area contributed by atoms with E-state index < -0.39 is 5.97 Å². The van der Waals surface area contributed by atoms with E-state index in [-0.39, 0.29) is 33.8 Å². The number of halogens is 2. The number of nitrogens with two attached hydrogens (primary N) is 1. The standard InChI is InChI=1S/C15H15Cl2N3O3S/c1-3-20(8(2)21)15-19-10(7-24-15)6-23-14(22)11-4-9(16)5-12(17)13(11)18/h4-5,7H,3,6,18H2,1-2H3. The van der Waals surface area contributed by atoms with Gasteiger partial charge in [0.15, 0.2) is 5.13 Å². The number of anilines is 2. The molecule has 0 atom stereocenters. The number of carbonyl (C=O) groups is 2. The Morgan fingerprint density at radius 1 is 1.38 bits per heavy atom. The highest BCUT2D eigenvalue weighted by Crippen LogP contribution is 2.28. The molecule has 0 bridgehead atoms. The van der Waals surface area contributed by atoms with Gasteiger partial charge in [-0.15, -0.1) is 11.3 Å². The van der Waals surface area contributed by atoms with Crippen LogP contribution in [0.2, 0.25) is 10.0 Å². The molecular formula is C15H15Cl2N3O3S. The Morgan fingerprint density at radius 3 is 2.71 bits per heavy atom. The number of esters is 1. The first-order valence-corrected chi connectivity index (χ1v) is 8.61. The minimum absolute atomic E-state index is 0.0473. The Bertz CT molecular complexity index is 779. The van der Waals surface area contributed by atoms with Gasteiger partial charge in [-0.05, 0) is 19.1 Å². The number of ether oxygens (including phenoxy) is 1. The minimum Gasteiger partial charge on any atom is -0.455 e. The molecule has 24 heavy (non-hydrogen) atoms. The van der Waals surface area contributed by atoms with Crippen molar-refractivity contribution in [1.29, 1.82) is 0 Å². The van der Waals surface area contributed by atoms with Crippen LogP contribution in [0.15, 0.2) is 17.5 Å². The topological polar surface area (TPSA) is 85.5 Å². The molecule has 0 spiro atoms. The van der Waals surface area contributed by atoms with Crippen LogP contribution in [0.25, 0.3) is 0 Å². The van der Waals surface area contributed by atoms with Crippen molar-refractivity contribution in [2.24, 2.45) is 0 Å². The predicted octanol–water partition coefficient (Wildman–Crippen LogP) is 3.76. The van der Waals surface area contributed by atoms with Gasteiger partial charge in [0.1, 0.15) is 6.61 Å². The van der Waals surface area contributed by atoms with Crippen molar-refractivity contribution in [2.45, 2.75) is 20.5 Å². The number of nitrogen functional groups attached to an aromatic ring is 1. The summed E-state index contributed by atoms with van der Waals surface area (Å²) in [5.41, 5.74) is 6.51. The number of nitrogens with zero attached hydrogens (tertiary/aromatic N) is 2. The minimum atomic E-state index is -0.648. The van der Waals surface area contributed by atoms with Gasteiger partial charge in [0, 0.05) is 23.9 Å². The van der Waals surface area contributed by atoms with Crippen molar-refractivity contribution >= 4 is 57.2 Å². The van der Waals surface area contributed by atoms with E-state index in [1.807, 2.05) is 6.92 Å². The number of amides is 1. The van der Waals surface area contributed by atoms with Gasteiger partial charge in [-0.1, -0.05) is 23.2 Å². The fourth-order valence-corrected chi connectivity index (χ4v) is 3.36. The Labute approximate surface area is 153 Å². The number of rotatable bonds is 5. The number of thiazole rings is 1. The summed E-state index contributed by atoms with van der Waals surface area (Å²) < 4.78 is 5.20. The van der Waals surface area contributed by atoms with Crippen LogP contribution < -0.4 is 10.6 Å². The van der Waals surface area contributed by atoms with E-state index >= 15 is 0 Å². The monoisotopic (exact) mass is 387 g/mol. The first kappa shape index (κ1) is 18.5. The van der Waals surface area contributed by atoms with Gasteiger partial charge in [0.2, 0.25) is 5.91 Å². The van der Waals surface area contributed by atoms with Crippen molar-refractivity contribution in [3.63, 3.8) is 0 Å². The lowest BCUT2D eigenvalue weighted by Crippen LogP contribution is -2.27. The maximum absolute atomic E-state index is 12.1. The van der Waals surface area contributed by atoms with Crippen LogP contribution in [-0.4, -0.2) is 23.4 Å². The molecule has 1 aromatic heterocycles. The molecule has 0 aliphatic heterocycles. The van der Waals surface area contributed by atoms with Crippen molar-refractivity contribution in [1.82, 2.24) is 4.98 Å². The zero-order valence-electron chi connectivity index (χ0n) is 13.0. The average molecular weight is 388 g/mol. The van der Waals surface area contributed by atoms with E-state index in [1.165, 1.54) is 35.3 Å². The second kappa shape index (κ2) is 7.83. The van der Waals surface area contributed by atoms with E-state index in [1.54, 1.807) is 5.38 Å². The summed E-state index contributed by atoms with van der Waals surface area (Å²) in [6.45, 7) is 3.79. The molecule has 0 aliphatic carbocycles. The number of aromatic nitrogens is 1. The molecule has 128 valence electrons. The fraction of sp³-hybridized carbons (Fsp3) is 0.267. The molecule has 2 N–H and O–H groups in total. The lowest BCUT2D eigenvalue weighted by atomic mass is 10.2. The molecule has 1 aromatic carbocycles. The zero-order valence-corrected chi connectivity index (χ0v) is 15.3. The van der Waals surface area contributed by atoms with Crippen molar-refractivity contribution < 1.29 is 14.3 Å². The molecule has 0 fully saturated rings. The van der Waals surface area contributed by atoms with Crippen LogP contribution >= 0.6 is 34.5 Å². The molecule has 0 aliphatic rings. The number of hydrogen-bond acceptors (Lipinski definition) is 6. The second-order valence-electron chi connectivity index (χ2n) is 4.81. The largest absolute Gasteiger partial charge is 0.455 e. The maximum Gasteiger partial charge on any atom is 0.340 e. The zero-order chi connectivity index (χ0) is 17.9. The summed E-state index contributed by atoms with van der Waals surface area (Å²) in [6.07, 6.45) is 0. The highest BCUT2D eigenvalue weighted by atomic mass is 35.5. The second-order valence-corrected chi connectivity index (χ2v) is 6.49. The normalized spacial score (nSPS) is 10.5. The number of carbonyl (C=O) groups excluding carboxylic acids is 2. The molecule has 2 aromatic rings. The molecule has 1 heterocycles. The van der Waals surface area contributed by atoms with Gasteiger partial charge in [0.25, 0.3) is 0 Å². The summed E-state index contributed by atoms with van der Waals surface area (Å²) in [5.74, 6) is -0.748. The van der Waals surface area contributed by atoms with Gasteiger partial charge in [-0.3, -0.25) is 9.69 Å². The van der Waals surface area contributed by atoms with Crippen LogP contribution in [0.1, 0.15) is 29.9 Å². The highest BCUT2D eigenvalue weighted by Gasteiger charge is 2.17. The lowest BCUT2D eigenvalue weighted by Gasteiger charge is -2.14. The van der Waals surface area contributed by atoms with E-state index in [9.17, 15) is 9.59 Å². The predicted molar refractivity (Wildman–Crippen MR) is 95.8 cm³/mol. The SMILES string of the molecule is CCN(C(C)=O)c1nc(COC(=O)c2cc(Cl)cc(Cl)c2N)cs1. The van der Waals surface area contributed by atoms with E-state index in [0.29, 0.717) is 17.4 Å². The third kappa shape index (κ3) is 4.17. The Morgan fingerprint density at radius 2 is 2.08 bits per heavy atom. The van der Waals surface area contributed by atoms with Gasteiger partial charge < -0.3 is 10.5 Å². The molecule has 0 radical (unpaired) electrons. The van der Waals surface area contributed by atoms with Gasteiger partial charge in [0.05, 0.1) is 22.0 Å². The Hall–Kier alpha value is -1.83. The van der Waals surface area contributed by atoms with Crippen molar-refractivity contribution in [2.75, 3.05) is 17.2 Å². The quantitative estimate of drug-likeness (QED) is 0.623. The summed E-state index contributed by atoms with van der Waals surface area (Å²) >= 11 is 13.1.